The first-order chi connectivity index (χ1) is 7.74. The van der Waals surface area contributed by atoms with E-state index in [2.05, 4.69) is 13.8 Å². The SMILES string of the molecule is CCCC(CCC)C(=O)N(CCO)C1CC1. The summed E-state index contributed by atoms with van der Waals surface area (Å²) < 4.78 is 0. The van der Waals surface area contributed by atoms with Crippen LogP contribution in [0.25, 0.3) is 0 Å². The predicted molar refractivity (Wildman–Crippen MR) is 65.1 cm³/mol. The van der Waals surface area contributed by atoms with Crippen LogP contribution in [-0.2, 0) is 4.79 Å². The Labute approximate surface area is 98.8 Å². The van der Waals surface area contributed by atoms with Crippen molar-refractivity contribution in [2.75, 3.05) is 13.2 Å². The highest BCUT2D eigenvalue weighted by Crippen LogP contribution is 2.29. The van der Waals surface area contributed by atoms with Gasteiger partial charge in [-0.1, -0.05) is 26.7 Å². The highest BCUT2D eigenvalue weighted by atomic mass is 16.3. The molecule has 0 saturated heterocycles. The minimum Gasteiger partial charge on any atom is -0.395 e. The van der Waals surface area contributed by atoms with Crippen LogP contribution in [0.15, 0.2) is 0 Å². The molecule has 1 fully saturated rings. The summed E-state index contributed by atoms with van der Waals surface area (Å²) in [6.45, 7) is 4.87. The quantitative estimate of drug-likeness (QED) is 0.690. The molecule has 94 valence electrons. The number of aliphatic hydroxyl groups excluding tert-OH is 1. The second-order valence-electron chi connectivity index (χ2n) is 4.76. The summed E-state index contributed by atoms with van der Waals surface area (Å²) in [7, 11) is 0. The first-order valence-corrected chi connectivity index (χ1v) is 6.65. The number of amides is 1. The number of hydrogen-bond acceptors (Lipinski definition) is 2. The van der Waals surface area contributed by atoms with Crippen molar-refractivity contribution in [2.45, 2.75) is 58.4 Å². The second-order valence-corrected chi connectivity index (χ2v) is 4.76. The van der Waals surface area contributed by atoms with Crippen molar-refractivity contribution in [3.05, 3.63) is 0 Å². The number of aliphatic hydroxyl groups is 1. The first-order valence-electron chi connectivity index (χ1n) is 6.65. The molecule has 1 N–H and O–H groups in total. The van der Waals surface area contributed by atoms with Crippen molar-refractivity contribution in [1.82, 2.24) is 4.90 Å². The van der Waals surface area contributed by atoms with Crippen LogP contribution in [0.1, 0.15) is 52.4 Å². The Hall–Kier alpha value is -0.570. The third kappa shape index (κ3) is 3.78. The van der Waals surface area contributed by atoms with Crippen molar-refractivity contribution in [3.63, 3.8) is 0 Å². The Morgan fingerprint density at radius 1 is 1.31 bits per heavy atom. The largest absolute Gasteiger partial charge is 0.395 e. The number of carbonyl (C=O) groups excluding carboxylic acids is 1. The molecule has 0 aromatic rings. The lowest BCUT2D eigenvalue weighted by Crippen LogP contribution is -2.39. The number of carbonyl (C=O) groups is 1. The molecule has 1 saturated carbocycles. The minimum absolute atomic E-state index is 0.0905. The summed E-state index contributed by atoms with van der Waals surface area (Å²) in [6, 6.07) is 0.427. The molecule has 0 spiro atoms. The van der Waals surface area contributed by atoms with Crippen LogP contribution in [0.5, 0.6) is 0 Å². The molecule has 3 heteroatoms. The topological polar surface area (TPSA) is 40.5 Å². The lowest BCUT2D eigenvalue weighted by Gasteiger charge is -2.26. The standard InChI is InChI=1S/C13H25NO2/c1-3-5-11(6-4-2)13(16)14(9-10-15)12-7-8-12/h11-12,15H,3-10H2,1-2H3. The fraction of sp³-hybridized carbons (Fsp3) is 0.923. The van der Waals surface area contributed by atoms with Gasteiger partial charge in [-0.2, -0.15) is 0 Å². The molecule has 3 nitrogen and oxygen atoms in total. The Morgan fingerprint density at radius 2 is 1.88 bits per heavy atom. The van der Waals surface area contributed by atoms with Gasteiger partial charge in [0.15, 0.2) is 0 Å². The third-order valence-corrected chi connectivity index (χ3v) is 3.24. The molecule has 0 unspecified atom stereocenters. The van der Waals surface area contributed by atoms with Gasteiger partial charge in [-0.3, -0.25) is 4.79 Å². The summed E-state index contributed by atoms with van der Waals surface area (Å²) in [5.41, 5.74) is 0. The van der Waals surface area contributed by atoms with Crippen molar-refractivity contribution >= 4 is 5.91 Å². The lowest BCUT2D eigenvalue weighted by atomic mass is 9.96. The van der Waals surface area contributed by atoms with Gasteiger partial charge in [0.05, 0.1) is 6.61 Å². The zero-order chi connectivity index (χ0) is 12.0. The van der Waals surface area contributed by atoms with Gasteiger partial charge in [-0.05, 0) is 25.7 Å². The molecule has 0 radical (unpaired) electrons. The van der Waals surface area contributed by atoms with Crippen LogP contribution in [0.4, 0.5) is 0 Å². The predicted octanol–water partition coefficient (Wildman–Crippen LogP) is 2.19. The minimum atomic E-state index is 0.0905. The van der Waals surface area contributed by atoms with E-state index in [-0.39, 0.29) is 18.4 Å². The maximum absolute atomic E-state index is 12.3. The van der Waals surface area contributed by atoms with E-state index in [1.165, 1.54) is 0 Å². The van der Waals surface area contributed by atoms with Crippen LogP contribution in [-0.4, -0.2) is 35.1 Å². The van der Waals surface area contributed by atoms with Crippen LogP contribution in [0, 0.1) is 5.92 Å². The highest BCUT2D eigenvalue weighted by molar-refractivity contribution is 5.79. The van der Waals surface area contributed by atoms with Gasteiger partial charge in [0.2, 0.25) is 5.91 Å². The second kappa shape index (κ2) is 6.89. The highest BCUT2D eigenvalue weighted by Gasteiger charge is 2.34. The van der Waals surface area contributed by atoms with Crippen molar-refractivity contribution in [1.29, 1.82) is 0 Å². The molecule has 0 aromatic carbocycles. The van der Waals surface area contributed by atoms with Crippen molar-refractivity contribution < 1.29 is 9.90 Å². The van der Waals surface area contributed by atoms with Crippen molar-refractivity contribution in [3.8, 4) is 0 Å². The van der Waals surface area contributed by atoms with Crippen molar-refractivity contribution in [2.24, 2.45) is 5.92 Å². The lowest BCUT2D eigenvalue weighted by molar-refractivity contribution is -0.137. The van der Waals surface area contributed by atoms with Crippen LogP contribution in [0.2, 0.25) is 0 Å². The molecule has 16 heavy (non-hydrogen) atoms. The molecule has 1 aliphatic carbocycles. The smallest absolute Gasteiger partial charge is 0.226 e. The zero-order valence-electron chi connectivity index (χ0n) is 10.6. The summed E-state index contributed by atoms with van der Waals surface area (Å²) in [5.74, 6) is 0.461. The number of hydrogen-bond donors (Lipinski definition) is 1. The molecule has 1 aliphatic rings. The van der Waals surface area contributed by atoms with Crippen LogP contribution < -0.4 is 0 Å². The van der Waals surface area contributed by atoms with E-state index in [0.717, 1.165) is 38.5 Å². The Kier molecular flexibility index (Phi) is 5.81. The molecule has 0 aliphatic heterocycles. The Morgan fingerprint density at radius 3 is 2.25 bits per heavy atom. The average molecular weight is 227 g/mol. The maximum atomic E-state index is 12.3. The van der Waals surface area contributed by atoms with Gasteiger partial charge >= 0.3 is 0 Å². The van der Waals surface area contributed by atoms with Gasteiger partial charge in [-0.15, -0.1) is 0 Å². The molecule has 1 amide bonds. The molecule has 0 heterocycles. The normalized spacial score (nSPS) is 15.5. The Balaban J connectivity index is 2.54. The van der Waals surface area contributed by atoms with Gasteiger partial charge < -0.3 is 10.0 Å². The summed E-state index contributed by atoms with van der Waals surface area (Å²) in [4.78, 5) is 14.2. The maximum Gasteiger partial charge on any atom is 0.226 e. The molecule has 0 bridgehead atoms. The average Bonchev–Trinajstić information content (AvgIpc) is 3.08. The van der Waals surface area contributed by atoms with Gasteiger partial charge in [0, 0.05) is 18.5 Å². The van der Waals surface area contributed by atoms with E-state index in [0.29, 0.717) is 12.6 Å². The van der Waals surface area contributed by atoms with E-state index in [1.54, 1.807) is 0 Å². The van der Waals surface area contributed by atoms with Gasteiger partial charge in [0.25, 0.3) is 0 Å². The van der Waals surface area contributed by atoms with Gasteiger partial charge in [-0.25, -0.2) is 0 Å². The van der Waals surface area contributed by atoms with E-state index in [9.17, 15) is 4.79 Å². The van der Waals surface area contributed by atoms with E-state index < -0.39 is 0 Å². The van der Waals surface area contributed by atoms with E-state index in [4.69, 9.17) is 5.11 Å². The zero-order valence-corrected chi connectivity index (χ0v) is 10.6. The van der Waals surface area contributed by atoms with E-state index in [1.807, 2.05) is 4.90 Å². The molecular weight excluding hydrogens is 202 g/mol. The monoisotopic (exact) mass is 227 g/mol. The molecule has 1 rings (SSSR count). The third-order valence-electron chi connectivity index (χ3n) is 3.24. The first kappa shape index (κ1) is 13.5. The van der Waals surface area contributed by atoms with Crippen LogP contribution in [0.3, 0.4) is 0 Å². The Bertz CT molecular complexity index is 208. The number of nitrogens with zero attached hydrogens (tertiary/aromatic N) is 1. The van der Waals surface area contributed by atoms with E-state index >= 15 is 0 Å². The van der Waals surface area contributed by atoms with Crippen LogP contribution >= 0.6 is 0 Å². The summed E-state index contributed by atoms with van der Waals surface area (Å²) >= 11 is 0. The number of rotatable bonds is 8. The molecule has 0 aromatic heterocycles. The van der Waals surface area contributed by atoms with Gasteiger partial charge in [0.1, 0.15) is 0 Å². The molecule has 0 atom stereocenters. The summed E-state index contributed by atoms with van der Waals surface area (Å²) in [6.07, 6.45) is 6.35. The fourth-order valence-corrected chi connectivity index (χ4v) is 2.29. The molecular formula is C13H25NO2. The summed E-state index contributed by atoms with van der Waals surface area (Å²) in [5, 5.41) is 9.01. The fourth-order valence-electron chi connectivity index (χ4n) is 2.29.